The fraction of sp³-hybridized carbons (Fsp3) is 0.600. The minimum absolute atomic E-state index is 0.0185. The molecule has 2 heteroatoms. The summed E-state index contributed by atoms with van der Waals surface area (Å²) in [5.41, 5.74) is 0.433. The molecular weight excluding hydrogens is 90.1 g/mol. The minimum atomic E-state index is -0.208. The van der Waals surface area contributed by atoms with Crippen molar-refractivity contribution in [2.24, 2.45) is 5.92 Å². The molecule has 1 radical (unpaired) electrons. The predicted molar refractivity (Wildman–Crippen MR) is 29.3 cm³/mol. The molecule has 2 nitrogen and oxygen atoms in total. The summed E-state index contributed by atoms with van der Waals surface area (Å²) in [6.45, 7) is 5.10. The van der Waals surface area contributed by atoms with Crippen molar-refractivity contribution in [2.75, 3.05) is 6.61 Å². The van der Waals surface area contributed by atoms with E-state index in [0.29, 0.717) is 5.71 Å². The smallest absolute Gasteiger partial charge is 0.0511 e. The van der Waals surface area contributed by atoms with Crippen LogP contribution < -0.4 is 0 Å². The van der Waals surface area contributed by atoms with Crippen molar-refractivity contribution in [2.45, 2.75) is 6.92 Å². The van der Waals surface area contributed by atoms with E-state index < -0.39 is 0 Å². The Morgan fingerprint density at radius 1 is 2.00 bits per heavy atom. The van der Waals surface area contributed by atoms with Crippen LogP contribution in [0.25, 0.3) is 0 Å². The Morgan fingerprint density at radius 2 is 2.43 bits per heavy atom. The van der Waals surface area contributed by atoms with Crippen molar-refractivity contribution in [1.82, 2.24) is 0 Å². The number of aliphatic hydroxyl groups excluding tert-OH is 1. The predicted octanol–water partition coefficient (Wildman–Crippen LogP) is 0.469. The third-order valence-corrected chi connectivity index (χ3v) is 0.833. The molecule has 0 heterocycles. The molecule has 7 heavy (non-hydrogen) atoms. The number of hydrogen-bond donors (Lipinski definition) is 2. The standard InChI is InChI=1S/C5H10NO/c1-4(3-7)5(2)6/h4,6-7H,1,3H2,2H3. The Balaban J connectivity index is 3.34. The van der Waals surface area contributed by atoms with E-state index in [2.05, 4.69) is 6.92 Å². The van der Waals surface area contributed by atoms with Gasteiger partial charge in [-0.2, -0.15) is 0 Å². The maximum Gasteiger partial charge on any atom is 0.0511 e. The topological polar surface area (TPSA) is 44.1 Å². The van der Waals surface area contributed by atoms with E-state index >= 15 is 0 Å². The van der Waals surface area contributed by atoms with Gasteiger partial charge in [-0.25, -0.2) is 0 Å². The van der Waals surface area contributed by atoms with Gasteiger partial charge in [-0.1, -0.05) is 0 Å². The van der Waals surface area contributed by atoms with Crippen molar-refractivity contribution < 1.29 is 5.11 Å². The summed E-state index contributed by atoms with van der Waals surface area (Å²) >= 11 is 0. The van der Waals surface area contributed by atoms with Crippen molar-refractivity contribution in [3.63, 3.8) is 0 Å². The Kier molecular flexibility index (Phi) is 2.60. The van der Waals surface area contributed by atoms with Crippen molar-refractivity contribution in [1.29, 1.82) is 5.41 Å². The Hall–Kier alpha value is -0.370. The van der Waals surface area contributed by atoms with Gasteiger partial charge in [-0.05, 0) is 13.8 Å². The van der Waals surface area contributed by atoms with E-state index in [1.54, 1.807) is 6.92 Å². The van der Waals surface area contributed by atoms with Crippen molar-refractivity contribution >= 4 is 5.71 Å². The SMILES string of the molecule is [CH2]C(CO)C(C)=N. The van der Waals surface area contributed by atoms with Crippen LogP contribution in [0.3, 0.4) is 0 Å². The fourth-order valence-corrected chi connectivity index (χ4v) is 0.137. The van der Waals surface area contributed by atoms with Crippen LogP contribution in [-0.2, 0) is 0 Å². The Labute approximate surface area is 43.7 Å². The summed E-state index contributed by atoms with van der Waals surface area (Å²) in [5.74, 6) is -0.208. The van der Waals surface area contributed by atoms with Gasteiger partial charge >= 0.3 is 0 Å². The van der Waals surface area contributed by atoms with Crippen molar-refractivity contribution in [3.05, 3.63) is 6.92 Å². The zero-order valence-electron chi connectivity index (χ0n) is 4.44. The van der Waals surface area contributed by atoms with E-state index in [0.717, 1.165) is 0 Å². The largest absolute Gasteiger partial charge is 0.396 e. The second-order valence-corrected chi connectivity index (χ2v) is 1.56. The molecule has 2 N–H and O–H groups in total. The van der Waals surface area contributed by atoms with Gasteiger partial charge in [-0.3, -0.25) is 0 Å². The van der Waals surface area contributed by atoms with Gasteiger partial charge in [0.1, 0.15) is 0 Å². The molecule has 0 bridgehead atoms. The quantitative estimate of drug-likeness (QED) is 0.487. The number of aliphatic hydroxyl groups is 1. The third kappa shape index (κ3) is 2.34. The lowest BCUT2D eigenvalue weighted by Gasteiger charge is -2.01. The molecule has 0 aliphatic rings. The Morgan fingerprint density at radius 3 is 2.43 bits per heavy atom. The summed E-state index contributed by atoms with van der Waals surface area (Å²) in [6.07, 6.45) is 0. The van der Waals surface area contributed by atoms with Crippen LogP contribution in [0.15, 0.2) is 0 Å². The highest BCUT2D eigenvalue weighted by atomic mass is 16.3. The van der Waals surface area contributed by atoms with E-state index in [1.807, 2.05) is 0 Å². The molecule has 0 amide bonds. The molecule has 0 aromatic heterocycles. The third-order valence-electron chi connectivity index (χ3n) is 0.833. The van der Waals surface area contributed by atoms with Crippen LogP contribution in [0.4, 0.5) is 0 Å². The lowest BCUT2D eigenvalue weighted by Crippen LogP contribution is -2.09. The molecule has 0 aliphatic carbocycles. The maximum absolute atomic E-state index is 8.30. The number of rotatable bonds is 2. The number of nitrogens with one attached hydrogen (secondary N) is 1. The molecule has 1 unspecified atom stereocenters. The van der Waals surface area contributed by atoms with Gasteiger partial charge in [0.15, 0.2) is 0 Å². The maximum atomic E-state index is 8.30. The lowest BCUT2D eigenvalue weighted by atomic mass is 10.1. The second-order valence-electron chi connectivity index (χ2n) is 1.56. The van der Waals surface area contributed by atoms with Gasteiger partial charge in [0, 0.05) is 11.6 Å². The molecule has 0 saturated carbocycles. The molecular formula is C5H10NO. The normalized spacial score (nSPS) is 13.6. The highest BCUT2D eigenvalue weighted by Gasteiger charge is 1.98. The van der Waals surface area contributed by atoms with Gasteiger partial charge < -0.3 is 10.5 Å². The average Bonchev–Trinajstić information content (AvgIpc) is 1.65. The van der Waals surface area contributed by atoms with Crippen LogP contribution in [0.1, 0.15) is 6.92 Å². The van der Waals surface area contributed by atoms with Gasteiger partial charge in [0.05, 0.1) is 6.61 Å². The summed E-state index contributed by atoms with van der Waals surface area (Å²) in [6, 6.07) is 0. The molecule has 0 aromatic rings. The molecule has 41 valence electrons. The summed E-state index contributed by atoms with van der Waals surface area (Å²) in [5, 5.41) is 15.2. The average molecular weight is 100 g/mol. The number of hydrogen-bond acceptors (Lipinski definition) is 2. The first-order valence-electron chi connectivity index (χ1n) is 2.17. The molecule has 0 fully saturated rings. The molecule has 1 atom stereocenters. The van der Waals surface area contributed by atoms with Crippen LogP contribution in [0.2, 0.25) is 0 Å². The van der Waals surface area contributed by atoms with E-state index in [9.17, 15) is 0 Å². The molecule has 0 aliphatic heterocycles. The zero-order valence-corrected chi connectivity index (χ0v) is 4.44. The van der Waals surface area contributed by atoms with Crippen LogP contribution in [-0.4, -0.2) is 17.4 Å². The summed E-state index contributed by atoms with van der Waals surface area (Å²) in [7, 11) is 0. The van der Waals surface area contributed by atoms with Crippen molar-refractivity contribution in [3.8, 4) is 0 Å². The zero-order chi connectivity index (χ0) is 5.86. The lowest BCUT2D eigenvalue weighted by molar-refractivity contribution is 0.279. The van der Waals surface area contributed by atoms with Gasteiger partial charge in [0.2, 0.25) is 0 Å². The summed E-state index contributed by atoms with van der Waals surface area (Å²) < 4.78 is 0. The minimum Gasteiger partial charge on any atom is -0.396 e. The van der Waals surface area contributed by atoms with Crippen LogP contribution >= 0.6 is 0 Å². The van der Waals surface area contributed by atoms with Crippen LogP contribution in [0.5, 0.6) is 0 Å². The first kappa shape index (κ1) is 6.63. The second kappa shape index (κ2) is 2.75. The van der Waals surface area contributed by atoms with E-state index in [-0.39, 0.29) is 12.5 Å². The first-order valence-corrected chi connectivity index (χ1v) is 2.17. The monoisotopic (exact) mass is 100 g/mol. The summed E-state index contributed by atoms with van der Waals surface area (Å²) in [4.78, 5) is 0. The van der Waals surface area contributed by atoms with Crippen LogP contribution in [0, 0.1) is 18.3 Å². The highest BCUT2D eigenvalue weighted by molar-refractivity contribution is 5.81. The molecule has 0 aromatic carbocycles. The Bertz CT molecular complexity index is 70.5. The van der Waals surface area contributed by atoms with E-state index in [1.165, 1.54) is 0 Å². The van der Waals surface area contributed by atoms with E-state index in [4.69, 9.17) is 10.5 Å². The fourth-order valence-electron chi connectivity index (χ4n) is 0.137. The molecule has 0 spiro atoms. The highest BCUT2D eigenvalue weighted by Crippen LogP contribution is 1.91. The van der Waals surface area contributed by atoms with Gasteiger partial charge in [-0.15, -0.1) is 0 Å². The van der Waals surface area contributed by atoms with Gasteiger partial charge in [0.25, 0.3) is 0 Å². The molecule has 0 rings (SSSR count). The molecule has 0 saturated heterocycles. The first-order chi connectivity index (χ1) is 3.18.